The van der Waals surface area contributed by atoms with E-state index in [9.17, 15) is 25.2 Å². The molecule has 1 saturated heterocycles. The molecule has 0 aromatic rings. The predicted molar refractivity (Wildman–Crippen MR) is 69.6 cm³/mol. The van der Waals surface area contributed by atoms with Crippen molar-refractivity contribution in [2.45, 2.75) is 44.0 Å². The van der Waals surface area contributed by atoms with Crippen LogP contribution in [0.2, 0.25) is 0 Å². The van der Waals surface area contributed by atoms with Gasteiger partial charge in [0.2, 0.25) is 11.7 Å². The van der Waals surface area contributed by atoms with Crippen LogP contribution in [0.3, 0.4) is 0 Å². The van der Waals surface area contributed by atoms with Gasteiger partial charge in [0, 0.05) is 7.05 Å². The van der Waals surface area contributed by atoms with Crippen LogP contribution in [0.5, 0.6) is 0 Å². The maximum atomic E-state index is 11.7. The Labute approximate surface area is 117 Å². The summed E-state index contributed by atoms with van der Waals surface area (Å²) in [7, 11) is 1.50. The lowest BCUT2D eigenvalue weighted by Gasteiger charge is -2.42. The second kappa shape index (κ2) is 6.79. The molecule has 0 aliphatic carbocycles. The van der Waals surface area contributed by atoms with Crippen molar-refractivity contribution < 1.29 is 30.0 Å². The quantitative estimate of drug-likeness (QED) is 0.321. The van der Waals surface area contributed by atoms with E-state index in [2.05, 4.69) is 10.6 Å². The van der Waals surface area contributed by atoms with Crippen LogP contribution >= 0.6 is 0 Å². The molecule has 118 valence electrons. The molecular formula is C12H24N2O6. The minimum absolute atomic E-state index is 0.0465. The van der Waals surface area contributed by atoms with E-state index < -0.39 is 30.1 Å². The Balaban J connectivity index is 2.69. The van der Waals surface area contributed by atoms with Crippen LogP contribution in [0, 0.1) is 5.92 Å². The summed E-state index contributed by atoms with van der Waals surface area (Å²) in [5.41, 5.74) is 0. The lowest BCUT2D eigenvalue weighted by atomic mass is 9.95. The monoisotopic (exact) mass is 292 g/mol. The smallest absolute Gasteiger partial charge is 0.237 e. The summed E-state index contributed by atoms with van der Waals surface area (Å²) in [4.78, 5) is 11.7. The second-order valence-electron chi connectivity index (χ2n) is 5.38. The molecule has 6 N–H and O–H groups in total. The highest BCUT2D eigenvalue weighted by Gasteiger charge is 2.48. The molecule has 0 radical (unpaired) electrons. The number of amides is 1. The summed E-state index contributed by atoms with van der Waals surface area (Å²) in [6, 6.07) is -0.580. The van der Waals surface area contributed by atoms with Gasteiger partial charge in [-0.15, -0.1) is 0 Å². The fraction of sp³-hybridized carbons (Fsp3) is 0.917. The first-order chi connectivity index (χ1) is 9.23. The van der Waals surface area contributed by atoms with Crippen LogP contribution in [0.25, 0.3) is 0 Å². The van der Waals surface area contributed by atoms with Crippen LogP contribution in [-0.2, 0) is 9.53 Å². The van der Waals surface area contributed by atoms with Crippen molar-refractivity contribution in [2.24, 2.45) is 5.92 Å². The molecule has 1 aliphatic heterocycles. The number of carbonyl (C=O) groups is 1. The summed E-state index contributed by atoms with van der Waals surface area (Å²) < 4.78 is 5.01. The molecule has 0 bridgehead atoms. The molecule has 0 saturated carbocycles. The first-order valence-corrected chi connectivity index (χ1v) is 6.58. The van der Waals surface area contributed by atoms with Crippen LogP contribution in [0.1, 0.15) is 13.8 Å². The van der Waals surface area contributed by atoms with Crippen LogP contribution in [-0.4, -0.2) is 76.7 Å². The first kappa shape index (κ1) is 17.3. The van der Waals surface area contributed by atoms with Crippen molar-refractivity contribution in [3.63, 3.8) is 0 Å². The fourth-order valence-electron chi connectivity index (χ4n) is 2.09. The van der Waals surface area contributed by atoms with Crippen molar-refractivity contribution >= 4 is 5.91 Å². The van der Waals surface area contributed by atoms with Gasteiger partial charge in [-0.1, -0.05) is 13.8 Å². The molecule has 0 aromatic carbocycles. The SMILES string of the molecule is CNC(=O)C(NCC1(O)OCC(O)C(O)C1O)C(C)C. The van der Waals surface area contributed by atoms with E-state index in [1.165, 1.54) is 7.05 Å². The molecule has 1 aliphatic rings. The van der Waals surface area contributed by atoms with E-state index >= 15 is 0 Å². The Morgan fingerprint density at radius 2 is 2.00 bits per heavy atom. The molecule has 1 rings (SSSR count). The van der Waals surface area contributed by atoms with Gasteiger partial charge in [0.1, 0.15) is 18.3 Å². The highest BCUT2D eigenvalue weighted by molar-refractivity contribution is 5.81. The van der Waals surface area contributed by atoms with Crippen molar-refractivity contribution in [2.75, 3.05) is 20.2 Å². The minimum Gasteiger partial charge on any atom is -0.388 e. The van der Waals surface area contributed by atoms with E-state index in [0.717, 1.165) is 0 Å². The number of hydrogen-bond acceptors (Lipinski definition) is 7. The third-order valence-corrected chi connectivity index (χ3v) is 3.45. The third kappa shape index (κ3) is 3.66. The Hall–Kier alpha value is -0.770. The van der Waals surface area contributed by atoms with E-state index in [-0.39, 0.29) is 25.0 Å². The van der Waals surface area contributed by atoms with Crippen molar-refractivity contribution in [3.8, 4) is 0 Å². The lowest BCUT2D eigenvalue weighted by molar-refractivity contribution is -0.318. The van der Waals surface area contributed by atoms with E-state index in [1.807, 2.05) is 13.8 Å². The third-order valence-electron chi connectivity index (χ3n) is 3.45. The number of carbonyl (C=O) groups excluding carboxylic acids is 1. The fourth-order valence-corrected chi connectivity index (χ4v) is 2.09. The molecule has 5 atom stereocenters. The summed E-state index contributed by atoms with van der Waals surface area (Å²) >= 11 is 0. The number of aliphatic hydroxyl groups excluding tert-OH is 3. The van der Waals surface area contributed by atoms with Gasteiger partial charge < -0.3 is 35.8 Å². The summed E-state index contributed by atoms with van der Waals surface area (Å²) in [6.07, 6.45) is -4.44. The van der Waals surface area contributed by atoms with Crippen LogP contribution < -0.4 is 10.6 Å². The number of rotatable bonds is 5. The molecular weight excluding hydrogens is 268 g/mol. The normalized spacial score (nSPS) is 35.9. The zero-order valence-corrected chi connectivity index (χ0v) is 11.9. The highest BCUT2D eigenvalue weighted by atomic mass is 16.6. The van der Waals surface area contributed by atoms with Crippen molar-refractivity contribution in [1.29, 1.82) is 0 Å². The van der Waals surface area contributed by atoms with Crippen LogP contribution in [0.15, 0.2) is 0 Å². The van der Waals surface area contributed by atoms with Gasteiger partial charge >= 0.3 is 0 Å². The number of nitrogens with one attached hydrogen (secondary N) is 2. The van der Waals surface area contributed by atoms with Gasteiger partial charge in [-0.3, -0.25) is 4.79 Å². The maximum absolute atomic E-state index is 11.7. The van der Waals surface area contributed by atoms with Crippen molar-refractivity contribution in [3.05, 3.63) is 0 Å². The Morgan fingerprint density at radius 1 is 1.40 bits per heavy atom. The molecule has 0 spiro atoms. The summed E-state index contributed by atoms with van der Waals surface area (Å²) in [6.45, 7) is 3.10. The standard InChI is InChI=1S/C12H24N2O6/c1-6(2)8(11(18)13-3)14-5-12(19)10(17)9(16)7(15)4-20-12/h6-10,14-17,19H,4-5H2,1-3H3,(H,13,18). The van der Waals surface area contributed by atoms with Gasteiger partial charge in [0.25, 0.3) is 0 Å². The van der Waals surface area contributed by atoms with Gasteiger partial charge in [-0.25, -0.2) is 0 Å². The molecule has 1 amide bonds. The van der Waals surface area contributed by atoms with Gasteiger partial charge in [0.15, 0.2) is 0 Å². The zero-order valence-electron chi connectivity index (χ0n) is 11.9. The highest BCUT2D eigenvalue weighted by Crippen LogP contribution is 2.23. The molecule has 5 unspecified atom stereocenters. The zero-order chi connectivity index (χ0) is 15.5. The van der Waals surface area contributed by atoms with Gasteiger partial charge in [-0.05, 0) is 5.92 Å². The predicted octanol–water partition coefficient (Wildman–Crippen LogP) is -2.85. The molecule has 1 heterocycles. The maximum Gasteiger partial charge on any atom is 0.237 e. The second-order valence-corrected chi connectivity index (χ2v) is 5.38. The molecule has 8 nitrogen and oxygen atoms in total. The topological polar surface area (TPSA) is 131 Å². The average molecular weight is 292 g/mol. The number of ether oxygens (including phenoxy) is 1. The molecule has 20 heavy (non-hydrogen) atoms. The van der Waals surface area contributed by atoms with E-state index in [4.69, 9.17) is 4.74 Å². The summed E-state index contributed by atoms with van der Waals surface area (Å²) in [5, 5.41) is 44.2. The molecule has 1 fully saturated rings. The average Bonchev–Trinajstić information content (AvgIpc) is 2.41. The molecule has 0 aromatic heterocycles. The Kier molecular flexibility index (Phi) is 5.87. The van der Waals surface area contributed by atoms with Crippen LogP contribution in [0.4, 0.5) is 0 Å². The van der Waals surface area contributed by atoms with E-state index in [1.54, 1.807) is 0 Å². The molecule has 8 heteroatoms. The van der Waals surface area contributed by atoms with Crippen molar-refractivity contribution in [1.82, 2.24) is 10.6 Å². The number of aliphatic hydroxyl groups is 4. The lowest BCUT2D eigenvalue weighted by Crippen LogP contribution is -2.65. The largest absolute Gasteiger partial charge is 0.388 e. The minimum atomic E-state index is -2.06. The summed E-state index contributed by atoms with van der Waals surface area (Å²) in [5.74, 6) is -2.36. The Morgan fingerprint density at radius 3 is 2.50 bits per heavy atom. The van der Waals surface area contributed by atoms with Gasteiger partial charge in [0.05, 0.1) is 19.2 Å². The van der Waals surface area contributed by atoms with E-state index in [0.29, 0.717) is 0 Å². The first-order valence-electron chi connectivity index (χ1n) is 6.58. The Bertz CT molecular complexity index is 340. The number of hydrogen-bond donors (Lipinski definition) is 6. The van der Waals surface area contributed by atoms with Gasteiger partial charge in [-0.2, -0.15) is 0 Å². The number of likely N-dealkylation sites (N-methyl/N-ethyl adjacent to an activating group) is 1.